The number of amides is 1. The molecule has 2 fully saturated rings. The lowest BCUT2D eigenvalue weighted by atomic mass is 9.91. The summed E-state index contributed by atoms with van der Waals surface area (Å²) in [5.41, 5.74) is 5.26. The molecule has 0 aliphatic carbocycles. The van der Waals surface area contributed by atoms with Crippen LogP contribution in [0.4, 0.5) is 0 Å². The SMILES string of the molecule is C[C@H](N)C(=O)N1CC[C@@]2(C[C@H](O)CCO2)C1. The van der Waals surface area contributed by atoms with Crippen molar-refractivity contribution >= 4 is 5.91 Å². The van der Waals surface area contributed by atoms with Crippen molar-refractivity contribution in [2.24, 2.45) is 5.73 Å². The number of rotatable bonds is 1. The maximum Gasteiger partial charge on any atom is 0.239 e. The van der Waals surface area contributed by atoms with E-state index in [0.29, 0.717) is 32.5 Å². The van der Waals surface area contributed by atoms with Crippen LogP contribution in [-0.2, 0) is 9.53 Å². The predicted octanol–water partition coefficient (Wildman–Crippen LogP) is -0.524. The van der Waals surface area contributed by atoms with Crippen molar-refractivity contribution in [1.29, 1.82) is 0 Å². The molecule has 0 unspecified atom stereocenters. The molecule has 0 aromatic rings. The van der Waals surface area contributed by atoms with Crippen molar-refractivity contribution < 1.29 is 14.6 Å². The molecule has 1 amide bonds. The van der Waals surface area contributed by atoms with Gasteiger partial charge in [-0.05, 0) is 19.8 Å². The highest BCUT2D eigenvalue weighted by Crippen LogP contribution is 2.34. The van der Waals surface area contributed by atoms with Crippen molar-refractivity contribution in [3.63, 3.8) is 0 Å². The fourth-order valence-corrected chi connectivity index (χ4v) is 2.61. The molecule has 0 bridgehead atoms. The van der Waals surface area contributed by atoms with Crippen LogP contribution in [0.2, 0.25) is 0 Å². The van der Waals surface area contributed by atoms with Gasteiger partial charge in [0.15, 0.2) is 0 Å². The third-order valence-corrected chi connectivity index (χ3v) is 3.48. The normalized spacial score (nSPS) is 36.7. The number of aliphatic hydroxyl groups is 1. The Morgan fingerprint density at radius 3 is 3.06 bits per heavy atom. The van der Waals surface area contributed by atoms with Crippen LogP contribution in [0.15, 0.2) is 0 Å². The zero-order valence-electron chi connectivity index (χ0n) is 9.69. The molecule has 3 atom stereocenters. The average molecular weight is 228 g/mol. The Morgan fingerprint density at radius 2 is 2.44 bits per heavy atom. The monoisotopic (exact) mass is 228 g/mol. The van der Waals surface area contributed by atoms with E-state index in [0.717, 1.165) is 6.42 Å². The second-order valence-electron chi connectivity index (χ2n) is 4.98. The number of ether oxygens (including phenoxy) is 1. The highest BCUT2D eigenvalue weighted by atomic mass is 16.5. The molecular weight excluding hydrogens is 208 g/mol. The molecule has 2 saturated heterocycles. The molecule has 0 aromatic carbocycles. The number of hydrogen-bond donors (Lipinski definition) is 2. The van der Waals surface area contributed by atoms with Gasteiger partial charge in [-0.3, -0.25) is 4.79 Å². The van der Waals surface area contributed by atoms with E-state index >= 15 is 0 Å². The Kier molecular flexibility index (Phi) is 3.19. The summed E-state index contributed by atoms with van der Waals surface area (Å²) < 4.78 is 5.76. The minimum absolute atomic E-state index is 0.0273. The van der Waals surface area contributed by atoms with Crippen LogP contribution in [0, 0.1) is 0 Å². The summed E-state index contributed by atoms with van der Waals surface area (Å²) in [6.45, 7) is 3.54. The topological polar surface area (TPSA) is 75.8 Å². The molecule has 2 heterocycles. The molecule has 2 aliphatic rings. The molecular formula is C11H20N2O3. The third kappa shape index (κ3) is 2.21. The first-order valence-corrected chi connectivity index (χ1v) is 5.89. The van der Waals surface area contributed by atoms with E-state index in [1.807, 2.05) is 0 Å². The highest BCUT2D eigenvalue weighted by Gasteiger charge is 2.44. The van der Waals surface area contributed by atoms with E-state index < -0.39 is 6.04 Å². The molecule has 5 heteroatoms. The number of hydrogen-bond acceptors (Lipinski definition) is 4. The van der Waals surface area contributed by atoms with Crippen molar-refractivity contribution in [3.05, 3.63) is 0 Å². The van der Waals surface area contributed by atoms with Crippen LogP contribution in [0.1, 0.15) is 26.2 Å². The Morgan fingerprint density at radius 1 is 1.69 bits per heavy atom. The Bertz CT molecular complexity index is 282. The summed E-state index contributed by atoms with van der Waals surface area (Å²) >= 11 is 0. The summed E-state index contributed by atoms with van der Waals surface area (Å²) in [6.07, 6.45) is 1.85. The lowest BCUT2D eigenvalue weighted by Crippen LogP contribution is -2.47. The van der Waals surface area contributed by atoms with Gasteiger partial charge in [-0.2, -0.15) is 0 Å². The lowest BCUT2D eigenvalue weighted by Gasteiger charge is -2.36. The summed E-state index contributed by atoms with van der Waals surface area (Å²) in [5, 5.41) is 9.66. The summed E-state index contributed by atoms with van der Waals surface area (Å²) in [5.74, 6) is -0.0273. The smallest absolute Gasteiger partial charge is 0.239 e. The van der Waals surface area contributed by atoms with Crippen molar-refractivity contribution in [2.45, 2.75) is 43.9 Å². The van der Waals surface area contributed by atoms with Crippen LogP contribution in [0.3, 0.4) is 0 Å². The average Bonchev–Trinajstić information content (AvgIpc) is 2.60. The quantitative estimate of drug-likeness (QED) is 0.633. The molecule has 2 aliphatic heterocycles. The lowest BCUT2D eigenvalue weighted by molar-refractivity contribution is -0.136. The first-order valence-electron chi connectivity index (χ1n) is 5.89. The molecule has 16 heavy (non-hydrogen) atoms. The summed E-state index contributed by atoms with van der Waals surface area (Å²) in [6, 6.07) is -0.455. The van der Waals surface area contributed by atoms with Gasteiger partial charge in [0.05, 0.1) is 17.7 Å². The number of nitrogens with zero attached hydrogens (tertiary/aromatic N) is 1. The third-order valence-electron chi connectivity index (χ3n) is 3.48. The maximum absolute atomic E-state index is 11.7. The molecule has 3 N–H and O–H groups in total. The van der Waals surface area contributed by atoms with Crippen molar-refractivity contribution in [2.75, 3.05) is 19.7 Å². The van der Waals surface area contributed by atoms with E-state index in [9.17, 15) is 9.90 Å². The highest BCUT2D eigenvalue weighted by molar-refractivity contribution is 5.81. The Labute approximate surface area is 95.5 Å². The molecule has 0 saturated carbocycles. The summed E-state index contributed by atoms with van der Waals surface area (Å²) in [4.78, 5) is 13.5. The summed E-state index contributed by atoms with van der Waals surface area (Å²) in [7, 11) is 0. The number of likely N-dealkylation sites (tertiary alicyclic amines) is 1. The molecule has 0 aromatic heterocycles. The fraction of sp³-hybridized carbons (Fsp3) is 0.909. The Balaban J connectivity index is 1.98. The van der Waals surface area contributed by atoms with Gasteiger partial charge in [0.2, 0.25) is 5.91 Å². The predicted molar refractivity (Wildman–Crippen MR) is 58.8 cm³/mol. The molecule has 2 rings (SSSR count). The standard InChI is InChI=1S/C11H20N2O3/c1-8(12)10(15)13-4-3-11(7-13)6-9(14)2-5-16-11/h8-9,14H,2-7,12H2,1H3/t8-,9+,11+/m0/s1. The number of carbonyl (C=O) groups is 1. The largest absolute Gasteiger partial charge is 0.393 e. The second kappa shape index (κ2) is 4.31. The first kappa shape index (κ1) is 11.8. The van der Waals surface area contributed by atoms with E-state index in [-0.39, 0.29) is 17.6 Å². The van der Waals surface area contributed by atoms with Crippen LogP contribution >= 0.6 is 0 Å². The van der Waals surface area contributed by atoms with Gasteiger partial charge in [0, 0.05) is 26.1 Å². The van der Waals surface area contributed by atoms with Crippen LogP contribution < -0.4 is 5.73 Å². The van der Waals surface area contributed by atoms with E-state index in [1.165, 1.54) is 0 Å². The van der Waals surface area contributed by atoms with Gasteiger partial charge in [-0.25, -0.2) is 0 Å². The van der Waals surface area contributed by atoms with Gasteiger partial charge in [0.25, 0.3) is 0 Å². The van der Waals surface area contributed by atoms with Crippen LogP contribution in [-0.4, -0.2) is 53.4 Å². The minimum atomic E-state index is -0.455. The zero-order chi connectivity index (χ0) is 11.8. The number of nitrogens with two attached hydrogens (primary N) is 1. The van der Waals surface area contributed by atoms with Gasteiger partial charge in [-0.1, -0.05) is 0 Å². The second-order valence-corrected chi connectivity index (χ2v) is 4.98. The zero-order valence-corrected chi connectivity index (χ0v) is 9.69. The van der Waals surface area contributed by atoms with Crippen LogP contribution in [0.25, 0.3) is 0 Å². The van der Waals surface area contributed by atoms with Gasteiger partial charge in [0.1, 0.15) is 0 Å². The van der Waals surface area contributed by atoms with Gasteiger partial charge >= 0.3 is 0 Å². The van der Waals surface area contributed by atoms with E-state index in [1.54, 1.807) is 11.8 Å². The Hall–Kier alpha value is -0.650. The van der Waals surface area contributed by atoms with Crippen LogP contribution in [0.5, 0.6) is 0 Å². The van der Waals surface area contributed by atoms with Crippen molar-refractivity contribution in [1.82, 2.24) is 4.90 Å². The van der Waals surface area contributed by atoms with Crippen molar-refractivity contribution in [3.8, 4) is 0 Å². The molecule has 1 spiro atoms. The molecule has 0 radical (unpaired) electrons. The van der Waals surface area contributed by atoms with E-state index in [2.05, 4.69) is 0 Å². The number of carbonyl (C=O) groups excluding carboxylic acids is 1. The maximum atomic E-state index is 11.7. The number of aliphatic hydroxyl groups excluding tert-OH is 1. The van der Waals surface area contributed by atoms with Gasteiger partial charge < -0.3 is 20.5 Å². The fourth-order valence-electron chi connectivity index (χ4n) is 2.61. The molecule has 92 valence electrons. The molecule has 5 nitrogen and oxygen atoms in total. The van der Waals surface area contributed by atoms with Gasteiger partial charge in [-0.15, -0.1) is 0 Å². The van der Waals surface area contributed by atoms with E-state index in [4.69, 9.17) is 10.5 Å². The minimum Gasteiger partial charge on any atom is -0.393 e. The first-order chi connectivity index (χ1) is 7.52.